The first-order valence-corrected chi connectivity index (χ1v) is 6.61. The number of ether oxygens (including phenoxy) is 1. The Labute approximate surface area is 118 Å². The van der Waals surface area contributed by atoms with Crippen molar-refractivity contribution >= 4 is 5.69 Å². The lowest BCUT2D eigenvalue weighted by atomic mass is 10.1. The van der Waals surface area contributed by atoms with Crippen LogP contribution in [0.1, 0.15) is 18.1 Å². The van der Waals surface area contributed by atoms with Crippen LogP contribution in [0.5, 0.6) is 5.75 Å². The van der Waals surface area contributed by atoms with Crippen molar-refractivity contribution in [3.05, 3.63) is 53.9 Å². The first kappa shape index (κ1) is 12.5. The summed E-state index contributed by atoms with van der Waals surface area (Å²) in [6, 6.07) is 12.1. The van der Waals surface area contributed by atoms with Crippen molar-refractivity contribution in [1.82, 2.24) is 4.98 Å². The van der Waals surface area contributed by atoms with E-state index in [9.17, 15) is 5.26 Å². The van der Waals surface area contributed by atoms with Gasteiger partial charge in [-0.3, -0.25) is 4.98 Å². The minimum atomic E-state index is 0.0679. The van der Waals surface area contributed by atoms with Crippen LogP contribution in [0.3, 0.4) is 0 Å². The number of anilines is 1. The second-order valence-corrected chi connectivity index (χ2v) is 4.92. The second-order valence-electron chi connectivity index (χ2n) is 4.92. The summed E-state index contributed by atoms with van der Waals surface area (Å²) in [5.74, 6) is 0.926. The van der Waals surface area contributed by atoms with Gasteiger partial charge in [0.2, 0.25) is 0 Å². The zero-order chi connectivity index (χ0) is 13.9. The molecule has 2 aromatic rings. The third-order valence-corrected chi connectivity index (χ3v) is 3.40. The van der Waals surface area contributed by atoms with Crippen molar-refractivity contribution in [3.8, 4) is 11.8 Å². The van der Waals surface area contributed by atoms with Crippen LogP contribution >= 0.6 is 0 Å². The van der Waals surface area contributed by atoms with Crippen molar-refractivity contribution in [2.45, 2.75) is 19.6 Å². The summed E-state index contributed by atoms with van der Waals surface area (Å²) in [4.78, 5) is 6.19. The quantitative estimate of drug-likeness (QED) is 0.795. The number of hydrogen-bond donors (Lipinski definition) is 0. The topological polar surface area (TPSA) is 49.2 Å². The summed E-state index contributed by atoms with van der Waals surface area (Å²) in [5.41, 5.74) is 2.64. The number of nitriles is 1. The van der Waals surface area contributed by atoms with Gasteiger partial charge in [-0.1, -0.05) is 18.2 Å². The smallest absolute Gasteiger partial charge is 0.124 e. The lowest BCUT2D eigenvalue weighted by Crippen LogP contribution is -2.31. The summed E-state index contributed by atoms with van der Waals surface area (Å²) in [7, 11) is 0. The molecule has 0 radical (unpaired) electrons. The van der Waals surface area contributed by atoms with Gasteiger partial charge in [0.05, 0.1) is 17.8 Å². The van der Waals surface area contributed by atoms with E-state index in [1.54, 1.807) is 12.4 Å². The van der Waals surface area contributed by atoms with Gasteiger partial charge >= 0.3 is 0 Å². The van der Waals surface area contributed by atoms with Crippen molar-refractivity contribution < 1.29 is 4.74 Å². The number of benzene rings is 1. The van der Waals surface area contributed by atoms with Crippen molar-refractivity contribution in [3.63, 3.8) is 0 Å². The Balaban J connectivity index is 2.01. The summed E-state index contributed by atoms with van der Waals surface area (Å²) < 4.78 is 5.94. The minimum Gasteiger partial charge on any atom is -0.489 e. The van der Waals surface area contributed by atoms with Crippen LogP contribution in [0.4, 0.5) is 5.69 Å². The molecule has 0 bridgehead atoms. The molecule has 0 N–H and O–H groups in total. The largest absolute Gasteiger partial charge is 0.489 e. The Morgan fingerprint density at radius 1 is 1.35 bits per heavy atom. The molecule has 1 atom stereocenters. The Kier molecular flexibility index (Phi) is 3.26. The van der Waals surface area contributed by atoms with Crippen LogP contribution in [-0.2, 0) is 6.54 Å². The number of rotatable bonds is 1. The molecule has 2 heterocycles. The molecule has 0 amide bonds. The van der Waals surface area contributed by atoms with Gasteiger partial charge in [0.15, 0.2) is 0 Å². The molecule has 0 saturated carbocycles. The lowest BCUT2D eigenvalue weighted by Gasteiger charge is -2.25. The highest BCUT2D eigenvalue weighted by molar-refractivity contribution is 5.59. The van der Waals surface area contributed by atoms with Crippen LogP contribution in [-0.4, -0.2) is 17.6 Å². The Bertz CT molecular complexity index is 663. The zero-order valence-corrected chi connectivity index (χ0v) is 11.3. The summed E-state index contributed by atoms with van der Waals surface area (Å²) >= 11 is 0. The average molecular weight is 265 g/mol. The van der Waals surface area contributed by atoms with Crippen molar-refractivity contribution in [2.75, 3.05) is 11.4 Å². The first-order valence-electron chi connectivity index (χ1n) is 6.61. The Morgan fingerprint density at radius 2 is 2.20 bits per heavy atom. The number of nitrogens with zero attached hydrogens (tertiary/aromatic N) is 3. The SMILES string of the molecule is CC1CN(c2ccncc2C#N)Cc2ccccc2O1. The first-order chi connectivity index (χ1) is 9.78. The molecular weight excluding hydrogens is 250 g/mol. The van der Waals surface area contributed by atoms with Crippen LogP contribution < -0.4 is 9.64 Å². The molecule has 0 spiro atoms. The van der Waals surface area contributed by atoms with E-state index in [1.165, 1.54) is 0 Å². The normalized spacial score (nSPS) is 17.6. The van der Waals surface area contributed by atoms with Gasteiger partial charge in [-0.25, -0.2) is 0 Å². The maximum atomic E-state index is 9.23. The average Bonchev–Trinajstić information content (AvgIpc) is 2.65. The third-order valence-electron chi connectivity index (χ3n) is 3.40. The Morgan fingerprint density at radius 3 is 3.05 bits per heavy atom. The molecule has 0 fully saturated rings. The van der Waals surface area contributed by atoms with E-state index in [4.69, 9.17) is 4.74 Å². The molecule has 100 valence electrons. The van der Waals surface area contributed by atoms with Gasteiger partial charge in [-0.2, -0.15) is 5.26 Å². The van der Waals surface area contributed by atoms with E-state index < -0.39 is 0 Å². The van der Waals surface area contributed by atoms with E-state index in [-0.39, 0.29) is 6.10 Å². The summed E-state index contributed by atoms with van der Waals surface area (Å²) in [5, 5.41) is 9.23. The predicted octanol–water partition coefficient (Wildman–Crippen LogP) is 2.74. The molecular formula is C16H15N3O. The predicted molar refractivity (Wildman–Crippen MR) is 76.5 cm³/mol. The molecule has 20 heavy (non-hydrogen) atoms. The van der Waals surface area contributed by atoms with Crippen LogP contribution in [0.15, 0.2) is 42.7 Å². The third kappa shape index (κ3) is 2.30. The lowest BCUT2D eigenvalue weighted by molar-refractivity contribution is 0.233. The maximum Gasteiger partial charge on any atom is 0.124 e. The number of para-hydroxylation sites is 1. The van der Waals surface area contributed by atoms with Gasteiger partial charge in [-0.15, -0.1) is 0 Å². The fourth-order valence-corrected chi connectivity index (χ4v) is 2.52. The summed E-state index contributed by atoms with van der Waals surface area (Å²) in [6.07, 6.45) is 3.40. The van der Waals surface area contributed by atoms with Crippen LogP contribution in [0, 0.1) is 11.3 Å². The second kappa shape index (κ2) is 5.22. The van der Waals surface area contributed by atoms with Crippen LogP contribution in [0.2, 0.25) is 0 Å². The van der Waals surface area contributed by atoms with Crippen molar-refractivity contribution in [2.24, 2.45) is 0 Å². The van der Waals surface area contributed by atoms with Gasteiger partial charge in [-0.05, 0) is 19.1 Å². The fourth-order valence-electron chi connectivity index (χ4n) is 2.52. The molecule has 4 heteroatoms. The summed E-state index contributed by atoms with van der Waals surface area (Å²) in [6.45, 7) is 3.52. The zero-order valence-electron chi connectivity index (χ0n) is 11.3. The minimum absolute atomic E-state index is 0.0679. The molecule has 1 unspecified atom stereocenters. The maximum absolute atomic E-state index is 9.23. The Hall–Kier alpha value is -2.54. The van der Waals surface area contributed by atoms with Gasteiger partial charge in [0, 0.05) is 24.5 Å². The molecule has 0 aliphatic carbocycles. The highest BCUT2D eigenvalue weighted by Crippen LogP contribution is 2.29. The van der Waals surface area contributed by atoms with E-state index in [1.807, 2.05) is 31.2 Å². The van der Waals surface area contributed by atoms with E-state index >= 15 is 0 Å². The highest BCUT2D eigenvalue weighted by Gasteiger charge is 2.21. The van der Waals surface area contributed by atoms with E-state index in [0.29, 0.717) is 5.56 Å². The number of hydrogen-bond acceptors (Lipinski definition) is 4. The molecule has 1 aliphatic rings. The monoisotopic (exact) mass is 265 g/mol. The van der Waals surface area contributed by atoms with E-state index in [2.05, 4.69) is 22.0 Å². The number of fused-ring (bicyclic) bond motifs is 1. The standard InChI is InChI=1S/C16H15N3O/c1-12-10-19(15-6-7-18-9-14(15)8-17)11-13-4-2-3-5-16(13)20-12/h2-7,9,12H,10-11H2,1H3. The molecule has 4 nitrogen and oxygen atoms in total. The molecule has 0 saturated heterocycles. The molecule has 3 rings (SSSR count). The highest BCUT2D eigenvalue weighted by atomic mass is 16.5. The van der Waals surface area contributed by atoms with Gasteiger partial charge < -0.3 is 9.64 Å². The molecule has 1 aromatic heterocycles. The number of aromatic nitrogens is 1. The van der Waals surface area contributed by atoms with Crippen LogP contribution in [0.25, 0.3) is 0 Å². The fraction of sp³-hybridized carbons (Fsp3) is 0.250. The molecule has 1 aliphatic heterocycles. The number of pyridine rings is 1. The van der Waals surface area contributed by atoms with Crippen molar-refractivity contribution in [1.29, 1.82) is 5.26 Å². The van der Waals surface area contributed by atoms with Gasteiger partial charge in [0.25, 0.3) is 0 Å². The van der Waals surface area contributed by atoms with Gasteiger partial charge in [0.1, 0.15) is 17.9 Å². The van der Waals surface area contributed by atoms with E-state index in [0.717, 1.165) is 30.1 Å². The molecule has 1 aromatic carbocycles.